The van der Waals surface area contributed by atoms with Gasteiger partial charge in [0.15, 0.2) is 5.82 Å². The molecule has 0 aliphatic heterocycles. The SMILES string of the molecule is CCCCCC(C)NCCc1noc(C)n1. The average molecular weight is 225 g/mol. The lowest BCUT2D eigenvalue weighted by molar-refractivity contribution is 0.386. The number of aromatic nitrogens is 2. The summed E-state index contributed by atoms with van der Waals surface area (Å²) in [7, 11) is 0. The van der Waals surface area contributed by atoms with Gasteiger partial charge < -0.3 is 9.84 Å². The first-order chi connectivity index (χ1) is 7.72. The maximum absolute atomic E-state index is 4.91. The van der Waals surface area contributed by atoms with Crippen LogP contribution < -0.4 is 5.32 Å². The monoisotopic (exact) mass is 225 g/mol. The van der Waals surface area contributed by atoms with E-state index >= 15 is 0 Å². The van der Waals surface area contributed by atoms with E-state index in [4.69, 9.17) is 4.52 Å². The smallest absolute Gasteiger partial charge is 0.223 e. The molecule has 0 fully saturated rings. The zero-order valence-electron chi connectivity index (χ0n) is 10.6. The molecule has 0 amide bonds. The highest BCUT2D eigenvalue weighted by Crippen LogP contribution is 2.03. The summed E-state index contributed by atoms with van der Waals surface area (Å²) < 4.78 is 4.91. The van der Waals surface area contributed by atoms with Gasteiger partial charge in [0.1, 0.15) is 0 Å². The second-order valence-corrected chi connectivity index (χ2v) is 4.33. The first-order valence-electron chi connectivity index (χ1n) is 6.25. The molecule has 4 nitrogen and oxygen atoms in total. The predicted molar refractivity (Wildman–Crippen MR) is 64.3 cm³/mol. The number of nitrogens with one attached hydrogen (secondary N) is 1. The van der Waals surface area contributed by atoms with E-state index in [1.807, 2.05) is 6.92 Å². The zero-order valence-corrected chi connectivity index (χ0v) is 10.6. The van der Waals surface area contributed by atoms with Crippen molar-refractivity contribution in [3.63, 3.8) is 0 Å². The maximum atomic E-state index is 4.91. The normalized spacial score (nSPS) is 12.9. The van der Waals surface area contributed by atoms with Gasteiger partial charge in [0.05, 0.1) is 0 Å². The largest absolute Gasteiger partial charge is 0.340 e. The number of hydrogen-bond donors (Lipinski definition) is 1. The number of unbranched alkanes of at least 4 members (excludes halogenated alkanes) is 2. The van der Waals surface area contributed by atoms with E-state index in [1.54, 1.807) is 0 Å². The van der Waals surface area contributed by atoms with Crippen molar-refractivity contribution in [2.45, 2.75) is 58.9 Å². The summed E-state index contributed by atoms with van der Waals surface area (Å²) >= 11 is 0. The van der Waals surface area contributed by atoms with Gasteiger partial charge in [0.2, 0.25) is 5.89 Å². The topological polar surface area (TPSA) is 51.0 Å². The molecule has 0 saturated heterocycles. The summed E-state index contributed by atoms with van der Waals surface area (Å²) in [5, 5.41) is 7.34. The Morgan fingerprint density at radius 3 is 2.81 bits per heavy atom. The molecule has 1 aromatic rings. The van der Waals surface area contributed by atoms with E-state index < -0.39 is 0 Å². The van der Waals surface area contributed by atoms with Gasteiger partial charge in [-0.3, -0.25) is 0 Å². The Hall–Kier alpha value is -0.900. The number of rotatable bonds is 8. The van der Waals surface area contributed by atoms with Gasteiger partial charge in [-0.25, -0.2) is 0 Å². The molecule has 1 atom stereocenters. The molecule has 1 N–H and O–H groups in total. The van der Waals surface area contributed by atoms with Gasteiger partial charge in [0.25, 0.3) is 0 Å². The van der Waals surface area contributed by atoms with E-state index in [0.29, 0.717) is 11.9 Å². The van der Waals surface area contributed by atoms with Crippen molar-refractivity contribution in [3.8, 4) is 0 Å². The van der Waals surface area contributed by atoms with Crippen LogP contribution in [0, 0.1) is 6.92 Å². The quantitative estimate of drug-likeness (QED) is 0.691. The Morgan fingerprint density at radius 2 is 2.19 bits per heavy atom. The Bertz CT molecular complexity index is 286. The molecule has 1 unspecified atom stereocenters. The molecule has 0 radical (unpaired) electrons. The third-order valence-corrected chi connectivity index (χ3v) is 2.65. The summed E-state index contributed by atoms with van der Waals surface area (Å²) in [5.74, 6) is 1.44. The van der Waals surface area contributed by atoms with Gasteiger partial charge in [-0.05, 0) is 13.3 Å². The van der Waals surface area contributed by atoms with E-state index in [1.165, 1.54) is 25.7 Å². The van der Waals surface area contributed by atoms with Gasteiger partial charge in [-0.15, -0.1) is 0 Å². The Balaban J connectivity index is 2.06. The van der Waals surface area contributed by atoms with E-state index in [0.717, 1.165) is 18.8 Å². The molecular weight excluding hydrogens is 202 g/mol. The summed E-state index contributed by atoms with van der Waals surface area (Å²) in [4.78, 5) is 4.17. The van der Waals surface area contributed by atoms with Gasteiger partial charge in [-0.1, -0.05) is 31.3 Å². The molecule has 0 aromatic carbocycles. The minimum atomic E-state index is 0.583. The maximum Gasteiger partial charge on any atom is 0.223 e. The van der Waals surface area contributed by atoms with Crippen LogP contribution in [0.15, 0.2) is 4.52 Å². The molecule has 1 rings (SSSR count). The fraction of sp³-hybridized carbons (Fsp3) is 0.833. The van der Waals surface area contributed by atoms with Crippen LogP contribution in [-0.2, 0) is 6.42 Å². The molecule has 0 spiro atoms. The van der Waals surface area contributed by atoms with Crippen LogP contribution in [0.5, 0.6) is 0 Å². The van der Waals surface area contributed by atoms with Crippen molar-refractivity contribution < 1.29 is 4.52 Å². The highest BCUT2D eigenvalue weighted by atomic mass is 16.5. The third-order valence-electron chi connectivity index (χ3n) is 2.65. The van der Waals surface area contributed by atoms with Crippen molar-refractivity contribution >= 4 is 0 Å². The molecule has 0 aliphatic carbocycles. The Labute approximate surface area is 97.8 Å². The Kier molecular flexibility index (Phi) is 6.08. The average Bonchev–Trinajstić information content (AvgIpc) is 2.65. The third kappa shape index (κ3) is 5.26. The second-order valence-electron chi connectivity index (χ2n) is 4.33. The van der Waals surface area contributed by atoms with Crippen LogP contribution in [0.1, 0.15) is 51.2 Å². The predicted octanol–water partition coefficient (Wildman–Crippen LogP) is 2.48. The molecule has 0 aliphatic rings. The second kappa shape index (κ2) is 7.39. The summed E-state index contributed by atoms with van der Waals surface area (Å²) in [6.07, 6.45) is 6.02. The van der Waals surface area contributed by atoms with Crippen LogP contribution >= 0.6 is 0 Å². The van der Waals surface area contributed by atoms with E-state index in [9.17, 15) is 0 Å². The first-order valence-corrected chi connectivity index (χ1v) is 6.25. The lowest BCUT2D eigenvalue weighted by Gasteiger charge is -2.12. The molecule has 0 bridgehead atoms. The molecule has 1 aromatic heterocycles. The van der Waals surface area contributed by atoms with Crippen molar-refractivity contribution in [2.24, 2.45) is 0 Å². The van der Waals surface area contributed by atoms with Crippen molar-refractivity contribution in [1.29, 1.82) is 0 Å². The van der Waals surface area contributed by atoms with Crippen molar-refractivity contribution in [1.82, 2.24) is 15.5 Å². The van der Waals surface area contributed by atoms with Crippen LogP contribution in [0.25, 0.3) is 0 Å². The minimum Gasteiger partial charge on any atom is -0.340 e. The standard InChI is InChI=1S/C12H23N3O/c1-4-5-6-7-10(2)13-9-8-12-14-11(3)16-15-12/h10,13H,4-9H2,1-3H3. The van der Waals surface area contributed by atoms with Gasteiger partial charge in [0, 0.05) is 25.9 Å². The summed E-state index contributed by atoms with van der Waals surface area (Å²) in [5.41, 5.74) is 0. The molecule has 92 valence electrons. The van der Waals surface area contributed by atoms with Gasteiger partial charge >= 0.3 is 0 Å². The first kappa shape index (κ1) is 13.2. The van der Waals surface area contributed by atoms with Crippen LogP contribution in [0.2, 0.25) is 0 Å². The number of nitrogens with zero attached hydrogens (tertiary/aromatic N) is 2. The summed E-state index contributed by atoms with van der Waals surface area (Å²) in [6.45, 7) is 7.21. The van der Waals surface area contributed by atoms with Crippen LogP contribution in [0.4, 0.5) is 0 Å². The van der Waals surface area contributed by atoms with Gasteiger partial charge in [-0.2, -0.15) is 4.98 Å². The van der Waals surface area contributed by atoms with E-state index in [2.05, 4.69) is 29.3 Å². The highest BCUT2D eigenvalue weighted by Gasteiger charge is 2.04. The molecule has 1 heterocycles. The molecular formula is C12H23N3O. The zero-order chi connectivity index (χ0) is 11.8. The van der Waals surface area contributed by atoms with Crippen molar-refractivity contribution in [2.75, 3.05) is 6.54 Å². The number of aryl methyl sites for hydroxylation is 1. The van der Waals surface area contributed by atoms with E-state index in [-0.39, 0.29) is 0 Å². The fourth-order valence-electron chi connectivity index (χ4n) is 1.68. The van der Waals surface area contributed by atoms with Crippen molar-refractivity contribution in [3.05, 3.63) is 11.7 Å². The summed E-state index contributed by atoms with van der Waals surface area (Å²) in [6, 6.07) is 0.583. The molecule has 16 heavy (non-hydrogen) atoms. The Morgan fingerprint density at radius 1 is 1.38 bits per heavy atom. The lowest BCUT2D eigenvalue weighted by atomic mass is 10.1. The molecule has 0 saturated carbocycles. The molecule has 4 heteroatoms. The van der Waals surface area contributed by atoms with Crippen LogP contribution in [-0.4, -0.2) is 22.7 Å². The van der Waals surface area contributed by atoms with Crippen LogP contribution in [0.3, 0.4) is 0 Å². The minimum absolute atomic E-state index is 0.583. The highest BCUT2D eigenvalue weighted by molar-refractivity contribution is 4.84. The fourth-order valence-corrected chi connectivity index (χ4v) is 1.68. The number of hydrogen-bond acceptors (Lipinski definition) is 4. The lowest BCUT2D eigenvalue weighted by Crippen LogP contribution is -2.28.